The number of ether oxygens (including phenoxy) is 2. The molecule has 6 nitrogen and oxygen atoms in total. The zero-order chi connectivity index (χ0) is 23.2. The predicted octanol–water partition coefficient (Wildman–Crippen LogP) is 4.65. The third-order valence-corrected chi connectivity index (χ3v) is 6.38. The zero-order valence-electron chi connectivity index (χ0n) is 18.9. The highest BCUT2D eigenvalue weighted by Gasteiger charge is 2.19. The van der Waals surface area contributed by atoms with Crippen LogP contribution in [0.4, 0.5) is 0 Å². The molecule has 0 fully saturated rings. The number of thiazole rings is 1. The molecule has 4 aromatic rings. The van der Waals surface area contributed by atoms with Crippen molar-refractivity contribution in [2.45, 2.75) is 12.6 Å². The van der Waals surface area contributed by atoms with Gasteiger partial charge in [-0.1, -0.05) is 36.4 Å². The number of hydrogen-bond donors (Lipinski definition) is 1. The lowest BCUT2D eigenvalue weighted by Gasteiger charge is -2.22. The molecule has 0 atom stereocenters. The van der Waals surface area contributed by atoms with Crippen molar-refractivity contribution in [3.8, 4) is 11.5 Å². The van der Waals surface area contributed by atoms with Gasteiger partial charge in [0.2, 0.25) is 5.91 Å². The molecule has 0 bridgehead atoms. The number of aromatic nitrogens is 1. The number of carbonyl (C=O) groups excluding carboxylic acids is 1. The maximum atomic E-state index is 13.0. The molecule has 3 aromatic carbocycles. The Bertz CT molecular complexity index is 1130. The van der Waals surface area contributed by atoms with E-state index in [1.165, 1.54) is 0 Å². The average molecular weight is 462 g/mol. The Labute approximate surface area is 197 Å². The van der Waals surface area contributed by atoms with Gasteiger partial charge >= 0.3 is 0 Å². The van der Waals surface area contributed by atoms with E-state index >= 15 is 0 Å². The number of methoxy groups -OCH3 is 2. The maximum absolute atomic E-state index is 13.0. The summed E-state index contributed by atoms with van der Waals surface area (Å²) in [4.78, 5) is 19.6. The van der Waals surface area contributed by atoms with E-state index in [4.69, 9.17) is 9.47 Å². The van der Waals surface area contributed by atoms with E-state index in [-0.39, 0.29) is 18.5 Å². The second-order valence-electron chi connectivity index (χ2n) is 7.79. The average Bonchev–Trinajstić information content (AvgIpc) is 3.25. The highest BCUT2D eigenvalue weighted by Crippen LogP contribution is 2.26. The first kappa shape index (κ1) is 22.8. The van der Waals surface area contributed by atoms with Gasteiger partial charge in [0.05, 0.1) is 43.6 Å². The maximum Gasteiger partial charge on any atom is 0.234 e. The Morgan fingerprint density at radius 3 is 2.06 bits per heavy atom. The third kappa shape index (κ3) is 5.69. The number of para-hydroxylation sites is 1. The molecule has 0 aliphatic rings. The van der Waals surface area contributed by atoms with Gasteiger partial charge in [-0.2, -0.15) is 0 Å². The van der Waals surface area contributed by atoms with E-state index < -0.39 is 0 Å². The first-order chi connectivity index (χ1) is 16.1. The molecule has 0 aliphatic heterocycles. The summed E-state index contributed by atoms with van der Waals surface area (Å²) >= 11 is 1.66. The van der Waals surface area contributed by atoms with Crippen LogP contribution in [0, 0.1) is 0 Å². The molecule has 0 unspecified atom stereocenters. The minimum absolute atomic E-state index is 0.0600. The monoisotopic (exact) mass is 461 g/mol. The fourth-order valence-electron chi connectivity index (χ4n) is 3.68. The molecule has 0 radical (unpaired) electrons. The zero-order valence-corrected chi connectivity index (χ0v) is 19.8. The molecule has 7 heteroatoms. The SMILES string of the molecule is COc1ccc(C(NC(=O)CN(C)Cc2nc3ccccc3s2)c2ccc(OC)cc2)cc1. The normalized spacial score (nSPS) is 11.2. The Kier molecular flexibility index (Phi) is 7.22. The summed E-state index contributed by atoms with van der Waals surface area (Å²) in [5.74, 6) is 1.48. The molecule has 1 N–H and O–H groups in total. The summed E-state index contributed by atoms with van der Waals surface area (Å²) in [5, 5.41) is 4.18. The van der Waals surface area contributed by atoms with Crippen molar-refractivity contribution in [2.24, 2.45) is 0 Å². The van der Waals surface area contributed by atoms with Crippen molar-refractivity contribution in [2.75, 3.05) is 27.8 Å². The van der Waals surface area contributed by atoms with Gasteiger partial charge in [0.1, 0.15) is 16.5 Å². The van der Waals surface area contributed by atoms with Crippen LogP contribution in [0.3, 0.4) is 0 Å². The lowest BCUT2D eigenvalue weighted by Crippen LogP contribution is -2.37. The Hall–Kier alpha value is -3.42. The minimum Gasteiger partial charge on any atom is -0.497 e. The van der Waals surface area contributed by atoms with Crippen LogP contribution in [0.25, 0.3) is 10.2 Å². The number of nitrogens with zero attached hydrogens (tertiary/aromatic N) is 2. The third-order valence-electron chi connectivity index (χ3n) is 5.36. The molecule has 1 heterocycles. The summed E-state index contributed by atoms with van der Waals surface area (Å²) in [6.45, 7) is 0.876. The van der Waals surface area contributed by atoms with Gasteiger partial charge in [0, 0.05) is 0 Å². The standard InChI is InChI=1S/C26H27N3O3S/c1-29(17-25-27-22-6-4-5-7-23(22)33-25)16-24(30)28-26(18-8-12-20(31-2)13-9-18)19-10-14-21(32-3)15-11-19/h4-15,26H,16-17H2,1-3H3,(H,28,30). The van der Waals surface area contributed by atoms with E-state index in [1.54, 1.807) is 25.6 Å². The molecule has 0 saturated heterocycles. The lowest BCUT2D eigenvalue weighted by molar-refractivity contribution is -0.122. The first-order valence-corrected chi connectivity index (χ1v) is 11.5. The van der Waals surface area contributed by atoms with Crippen LogP contribution in [0.1, 0.15) is 22.2 Å². The fraction of sp³-hybridized carbons (Fsp3) is 0.231. The van der Waals surface area contributed by atoms with Crippen LogP contribution in [-0.4, -0.2) is 43.6 Å². The van der Waals surface area contributed by atoms with Gasteiger partial charge in [-0.3, -0.25) is 9.69 Å². The summed E-state index contributed by atoms with van der Waals surface area (Å²) in [7, 11) is 5.21. The molecule has 1 amide bonds. The second kappa shape index (κ2) is 10.5. The molecular formula is C26H27N3O3S. The van der Waals surface area contributed by atoms with Gasteiger partial charge in [0.25, 0.3) is 0 Å². The summed E-state index contributed by atoms with van der Waals surface area (Å²) < 4.78 is 11.7. The predicted molar refractivity (Wildman–Crippen MR) is 132 cm³/mol. The number of rotatable bonds is 9. The van der Waals surface area contributed by atoms with Crippen molar-refractivity contribution in [1.29, 1.82) is 0 Å². The molecule has 0 saturated carbocycles. The number of hydrogen-bond acceptors (Lipinski definition) is 6. The van der Waals surface area contributed by atoms with Crippen LogP contribution in [0.2, 0.25) is 0 Å². The summed E-state index contributed by atoms with van der Waals surface area (Å²) in [6.07, 6.45) is 0. The van der Waals surface area contributed by atoms with Gasteiger partial charge < -0.3 is 14.8 Å². The van der Waals surface area contributed by atoms with E-state index in [0.29, 0.717) is 6.54 Å². The van der Waals surface area contributed by atoms with Crippen LogP contribution in [-0.2, 0) is 11.3 Å². The lowest BCUT2D eigenvalue weighted by atomic mass is 9.98. The van der Waals surface area contributed by atoms with E-state index in [9.17, 15) is 4.79 Å². The van der Waals surface area contributed by atoms with Gasteiger partial charge in [-0.25, -0.2) is 4.98 Å². The van der Waals surface area contributed by atoms with Crippen LogP contribution in [0.5, 0.6) is 11.5 Å². The van der Waals surface area contributed by atoms with E-state index in [0.717, 1.165) is 37.9 Å². The number of amides is 1. The van der Waals surface area contributed by atoms with E-state index in [2.05, 4.69) is 16.4 Å². The number of carbonyl (C=O) groups is 1. The van der Waals surface area contributed by atoms with Crippen molar-refractivity contribution in [3.05, 3.63) is 88.9 Å². The summed E-state index contributed by atoms with van der Waals surface area (Å²) in [5.41, 5.74) is 2.95. The van der Waals surface area contributed by atoms with E-state index in [1.807, 2.05) is 78.7 Å². The van der Waals surface area contributed by atoms with Gasteiger partial charge in [-0.15, -0.1) is 11.3 Å². The van der Waals surface area contributed by atoms with Gasteiger partial charge in [-0.05, 0) is 54.6 Å². The summed E-state index contributed by atoms with van der Waals surface area (Å²) in [6, 6.07) is 23.3. The topological polar surface area (TPSA) is 63.7 Å². The molecule has 0 spiro atoms. The van der Waals surface area contributed by atoms with Gasteiger partial charge in [0.15, 0.2) is 0 Å². The van der Waals surface area contributed by atoms with Crippen molar-refractivity contribution in [3.63, 3.8) is 0 Å². The van der Waals surface area contributed by atoms with Crippen molar-refractivity contribution >= 4 is 27.5 Å². The highest BCUT2D eigenvalue weighted by molar-refractivity contribution is 7.18. The molecule has 33 heavy (non-hydrogen) atoms. The van der Waals surface area contributed by atoms with Crippen molar-refractivity contribution < 1.29 is 14.3 Å². The van der Waals surface area contributed by atoms with Crippen LogP contribution in [0.15, 0.2) is 72.8 Å². The largest absolute Gasteiger partial charge is 0.497 e. The number of fused-ring (bicyclic) bond motifs is 1. The van der Waals surface area contributed by atoms with Crippen molar-refractivity contribution in [1.82, 2.24) is 15.2 Å². The van der Waals surface area contributed by atoms with Crippen LogP contribution < -0.4 is 14.8 Å². The molecule has 1 aromatic heterocycles. The smallest absolute Gasteiger partial charge is 0.234 e. The number of benzene rings is 3. The molecule has 170 valence electrons. The minimum atomic E-state index is -0.287. The highest BCUT2D eigenvalue weighted by atomic mass is 32.1. The Morgan fingerprint density at radius 2 is 1.52 bits per heavy atom. The Morgan fingerprint density at radius 1 is 0.939 bits per heavy atom. The fourth-order valence-corrected chi connectivity index (χ4v) is 4.73. The molecule has 0 aliphatic carbocycles. The Balaban J connectivity index is 1.47. The number of nitrogens with one attached hydrogen (secondary N) is 1. The quantitative estimate of drug-likeness (QED) is 0.393. The first-order valence-electron chi connectivity index (χ1n) is 10.7. The number of likely N-dealkylation sites (N-methyl/N-ethyl adjacent to an activating group) is 1. The second-order valence-corrected chi connectivity index (χ2v) is 8.91. The molecular weight excluding hydrogens is 434 g/mol. The van der Waals surface area contributed by atoms with Crippen LogP contribution >= 0.6 is 11.3 Å². The molecule has 4 rings (SSSR count).